The molecule has 2 N–H and O–H groups in total. The maximum atomic E-state index is 12.4. The monoisotopic (exact) mass is 289 g/mol. The van der Waals surface area contributed by atoms with E-state index in [4.69, 9.17) is 0 Å². The van der Waals surface area contributed by atoms with Crippen LogP contribution in [0, 0.1) is 0 Å². The second kappa shape index (κ2) is 6.49. The van der Waals surface area contributed by atoms with Crippen molar-refractivity contribution in [3.63, 3.8) is 0 Å². The van der Waals surface area contributed by atoms with Gasteiger partial charge < -0.3 is 10.4 Å². The number of phenolic OH excluding ortho intramolecular Hbond substituents is 1. The zero-order valence-electron chi connectivity index (χ0n) is 12.2. The number of hydrogen-bond acceptors (Lipinski definition) is 5. The Bertz CT molecular complexity index is 566. The minimum atomic E-state index is -0.503. The van der Waals surface area contributed by atoms with Crippen molar-refractivity contribution < 1.29 is 14.7 Å². The zero-order chi connectivity index (χ0) is 15.4. The van der Waals surface area contributed by atoms with Gasteiger partial charge in [0.2, 0.25) is 0 Å². The molecule has 0 radical (unpaired) electrons. The third-order valence-corrected chi connectivity index (χ3v) is 3.25. The van der Waals surface area contributed by atoms with Crippen LogP contribution in [-0.4, -0.2) is 53.7 Å². The number of benzene rings is 1. The van der Waals surface area contributed by atoms with E-state index in [1.54, 1.807) is 31.3 Å². The van der Waals surface area contributed by atoms with Crippen molar-refractivity contribution in [1.82, 2.24) is 10.2 Å². The largest absolute Gasteiger partial charge is 0.508 e. The number of phenols is 1. The fourth-order valence-corrected chi connectivity index (χ4v) is 2.29. The smallest absolute Gasteiger partial charge is 0.253 e. The van der Waals surface area contributed by atoms with E-state index in [1.807, 2.05) is 0 Å². The maximum absolute atomic E-state index is 12.4. The van der Waals surface area contributed by atoms with Crippen LogP contribution < -0.4 is 5.32 Å². The van der Waals surface area contributed by atoms with Gasteiger partial charge in [-0.15, -0.1) is 0 Å². The van der Waals surface area contributed by atoms with E-state index >= 15 is 0 Å². The van der Waals surface area contributed by atoms with Gasteiger partial charge in [-0.25, -0.2) is 0 Å². The molecule has 2 rings (SSSR count). The molecule has 1 amide bonds. The number of hydrogen-bond donors (Lipinski definition) is 2. The molecule has 1 atom stereocenters. The molecule has 0 aromatic heterocycles. The summed E-state index contributed by atoms with van der Waals surface area (Å²) < 4.78 is 0. The van der Waals surface area contributed by atoms with Gasteiger partial charge in [-0.1, -0.05) is 12.1 Å². The number of amidine groups is 1. The first-order valence-corrected chi connectivity index (χ1v) is 6.81. The first-order valence-electron chi connectivity index (χ1n) is 6.81. The van der Waals surface area contributed by atoms with Crippen LogP contribution in [0.25, 0.3) is 0 Å². The molecule has 6 nitrogen and oxygen atoms in total. The summed E-state index contributed by atoms with van der Waals surface area (Å²) in [7, 11) is 1.77. The molecule has 0 aliphatic carbocycles. The lowest BCUT2D eigenvalue weighted by Gasteiger charge is -2.17. The summed E-state index contributed by atoms with van der Waals surface area (Å²) in [6.07, 6.45) is 0.459. The van der Waals surface area contributed by atoms with Gasteiger partial charge in [0.1, 0.15) is 23.4 Å². The molecule has 0 saturated heterocycles. The average molecular weight is 289 g/mol. The van der Waals surface area contributed by atoms with Crippen LogP contribution in [0.3, 0.4) is 0 Å². The highest BCUT2D eigenvalue weighted by molar-refractivity contribution is 6.08. The van der Waals surface area contributed by atoms with Crippen molar-refractivity contribution >= 4 is 17.5 Å². The normalized spacial score (nSPS) is 18.0. The first kappa shape index (κ1) is 15.2. The molecule has 1 aliphatic heterocycles. The Labute approximate surface area is 123 Å². The highest BCUT2D eigenvalue weighted by Gasteiger charge is 2.34. The highest BCUT2D eigenvalue weighted by atomic mass is 16.3. The van der Waals surface area contributed by atoms with Crippen molar-refractivity contribution in [2.24, 2.45) is 4.99 Å². The highest BCUT2D eigenvalue weighted by Crippen LogP contribution is 2.18. The number of nitrogens with zero attached hydrogens (tertiary/aromatic N) is 2. The van der Waals surface area contributed by atoms with Crippen LogP contribution >= 0.6 is 0 Å². The summed E-state index contributed by atoms with van der Waals surface area (Å²) in [6, 6.07) is 6.20. The van der Waals surface area contributed by atoms with Crippen LogP contribution in [0.4, 0.5) is 0 Å². The summed E-state index contributed by atoms with van der Waals surface area (Å²) >= 11 is 0. The van der Waals surface area contributed by atoms with Gasteiger partial charge in [-0.2, -0.15) is 0 Å². The number of rotatable bonds is 6. The van der Waals surface area contributed by atoms with E-state index in [2.05, 4.69) is 10.3 Å². The summed E-state index contributed by atoms with van der Waals surface area (Å²) in [5.41, 5.74) is 0.920. The lowest BCUT2D eigenvalue weighted by Crippen LogP contribution is -2.42. The lowest BCUT2D eigenvalue weighted by molar-refractivity contribution is -0.130. The number of carbonyl (C=O) groups excluding carboxylic acids is 2. The molecule has 1 heterocycles. The zero-order valence-corrected chi connectivity index (χ0v) is 12.2. The Hall–Kier alpha value is -2.21. The van der Waals surface area contributed by atoms with Gasteiger partial charge in [-0.05, 0) is 31.7 Å². The molecule has 112 valence electrons. The Morgan fingerprint density at radius 3 is 2.62 bits per heavy atom. The molecule has 1 aromatic rings. The lowest BCUT2D eigenvalue weighted by atomic mass is 10.1. The van der Waals surface area contributed by atoms with Crippen LogP contribution in [0.2, 0.25) is 0 Å². The third-order valence-electron chi connectivity index (χ3n) is 3.25. The topological polar surface area (TPSA) is 82.0 Å². The number of aliphatic imine (C=N–C) groups is 1. The minimum Gasteiger partial charge on any atom is -0.508 e. The van der Waals surface area contributed by atoms with Crippen LogP contribution in [0.5, 0.6) is 5.75 Å². The number of likely N-dealkylation sites (N-methyl/N-ethyl adjacent to an activating group) is 1. The first-order chi connectivity index (χ1) is 10.0. The Morgan fingerprint density at radius 1 is 1.38 bits per heavy atom. The van der Waals surface area contributed by atoms with Gasteiger partial charge in [0.15, 0.2) is 0 Å². The number of ketones is 1. The molecule has 1 aromatic carbocycles. The molecule has 0 spiro atoms. The summed E-state index contributed by atoms with van der Waals surface area (Å²) in [5, 5.41) is 12.2. The molecular formula is C15H19N3O3. The summed E-state index contributed by atoms with van der Waals surface area (Å²) in [4.78, 5) is 29.6. The van der Waals surface area contributed by atoms with E-state index in [9.17, 15) is 14.7 Å². The number of nitrogens with one attached hydrogen (secondary N) is 1. The number of carbonyl (C=O) groups is 2. The molecule has 21 heavy (non-hydrogen) atoms. The SMILES string of the molecule is CNCC1=NC(Cc2ccc(O)cc2)C(=O)N1CC(C)=O. The number of amides is 1. The fourth-order valence-electron chi connectivity index (χ4n) is 2.29. The molecular weight excluding hydrogens is 270 g/mol. The average Bonchev–Trinajstić information content (AvgIpc) is 2.70. The Kier molecular flexibility index (Phi) is 4.70. The quantitative estimate of drug-likeness (QED) is 0.792. The van der Waals surface area contributed by atoms with Gasteiger partial charge in [0.05, 0.1) is 13.1 Å². The predicted molar refractivity (Wildman–Crippen MR) is 79.4 cm³/mol. The number of Topliss-reactive ketones (excluding diaryl/α,β-unsaturated/α-hetero) is 1. The Morgan fingerprint density at radius 2 is 2.05 bits per heavy atom. The van der Waals surface area contributed by atoms with Crippen molar-refractivity contribution in [2.45, 2.75) is 19.4 Å². The summed E-state index contributed by atoms with van der Waals surface area (Å²) in [6.45, 7) is 1.97. The van der Waals surface area contributed by atoms with Crippen molar-refractivity contribution in [1.29, 1.82) is 0 Å². The van der Waals surface area contributed by atoms with Crippen molar-refractivity contribution in [3.05, 3.63) is 29.8 Å². The maximum Gasteiger partial charge on any atom is 0.253 e. The Balaban J connectivity index is 2.14. The fraction of sp³-hybridized carbons (Fsp3) is 0.400. The van der Waals surface area contributed by atoms with E-state index in [0.717, 1.165) is 5.56 Å². The molecule has 6 heteroatoms. The van der Waals surface area contributed by atoms with Gasteiger partial charge in [0, 0.05) is 6.42 Å². The second-order valence-electron chi connectivity index (χ2n) is 5.09. The van der Waals surface area contributed by atoms with E-state index in [0.29, 0.717) is 18.8 Å². The molecule has 0 saturated carbocycles. The van der Waals surface area contributed by atoms with Gasteiger partial charge in [0.25, 0.3) is 5.91 Å². The van der Waals surface area contributed by atoms with Crippen LogP contribution in [0.15, 0.2) is 29.3 Å². The molecule has 0 bridgehead atoms. The van der Waals surface area contributed by atoms with Gasteiger partial charge >= 0.3 is 0 Å². The molecule has 1 unspecified atom stereocenters. The van der Waals surface area contributed by atoms with Crippen LogP contribution in [0.1, 0.15) is 12.5 Å². The number of aromatic hydroxyl groups is 1. The van der Waals surface area contributed by atoms with E-state index in [1.165, 1.54) is 11.8 Å². The van der Waals surface area contributed by atoms with Crippen molar-refractivity contribution in [2.75, 3.05) is 20.1 Å². The van der Waals surface area contributed by atoms with E-state index in [-0.39, 0.29) is 24.0 Å². The standard InChI is InChI=1S/C15H19N3O3/c1-10(19)9-18-14(8-16-2)17-13(15(18)21)7-11-3-5-12(20)6-4-11/h3-6,13,16,20H,7-9H2,1-2H3. The second-order valence-corrected chi connectivity index (χ2v) is 5.09. The van der Waals surface area contributed by atoms with E-state index < -0.39 is 6.04 Å². The summed E-state index contributed by atoms with van der Waals surface area (Å²) in [5.74, 6) is 0.566. The van der Waals surface area contributed by atoms with Crippen LogP contribution in [-0.2, 0) is 16.0 Å². The third kappa shape index (κ3) is 3.66. The predicted octanol–water partition coefficient (Wildman–Crippen LogP) is 0.352. The molecule has 1 aliphatic rings. The van der Waals surface area contributed by atoms with Crippen molar-refractivity contribution in [3.8, 4) is 5.75 Å². The van der Waals surface area contributed by atoms with Gasteiger partial charge in [-0.3, -0.25) is 19.5 Å². The molecule has 0 fully saturated rings. The minimum absolute atomic E-state index is 0.0609.